The van der Waals surface area contributed by atoms with Crippen molar-refractivity contribution in [2.75, 3.05) is 14.2 Å². The summed E-state index contributed by atoms with van der Waals surface area (Å²) in [5.41, 5.74) is -4.00. The number of ketones is 1. The van der Waals surface area contributed by atoms with Gasteiger partial charge in [0.05, 0.1) is 25.3 Å². The maximum absolute atomic E-state index is 12.9. The average Bonchev–Trinajstić information content (AvgIpc) is 2.58. The first kappa shape index (κ1) is 19.6. The number of hydrogen-bond donors (Lipinski definition) is 0. The largest absolute Gasteiger partial charge is 0.493 e. The fourth-order valence-electron chi connectivity index (χ4n) is 2.23. The first-order valence-corrected chi connectivity index (χ1v) is 7.03. The van der Waals surface area contributed by atoms with Crippen molar-refractivity contribution in [1.29, 1.82) is 0 Å². The van der Waals surface area contributed by atoms with Crippen LogP contribution in [-0.2, 0) is 12.4 Å². The van der Waals surface area contributed by atoms with Crippen LogP contribution in [0.5, 0.6) is 11.5 Å². The van der Waals surface area contributed by atoms with Crippen LogP contribution in [0.25, 0.3) is 0 Å². The minimum Gasteiger partial charge on any atom is -0.493 e. The maximum atomic E-state index is 12.9. The van der Waals surface area contributed by atoms with Gasteiger partial charge >= 0.3 is 12.4 Å². The van der Waals surface area contributed by atoms with Crippen LogP contribution < -0.4 is 9.47 Å². The highest BCUT2D eigenvalue weighted by atomic mass is 19.4. The molecule has 0 heterocycles. The van der Waals surface area contributed by atoms with Crippen LogP contribution in [0.2, 0.25) is 0 Å². The van der Waals surface area contributed by atoms with E-state index in [1.807, 2.05) is 0 Å². The predicted octanol–water partition coefficient (Wildman–Crippen LogP) is 4.97. The highest BCUT2D eigenvalue weighted by Gasteiger charge is 2.37. The second-order valence-electron chi connectivity index (χ2n) is 5.19. The zero-order valence-corrected chi connectivity index (χ0v) is 13.5. The van der Waals surface area contributed by atoms with Crippen molar-refractivity contribution >= 4 is 5.78 Å². The zero-order valence-electron chi connectivity index (χ0n) is 13.5. The molecular formula is C17H12F6O3. The molecule has 0 aliphatic heterocycles. The molecule has 2 aromatic carbocycles. The van der Waals surface area contributed by atoms with E-state index in [0.29, 0.717) is 12.1 Å². The number of benzene rings is 2. The van der Waals surface area contributed by atoms with Gasteiger partial charge in [-0.3, -0.25) is 4.79 Å². The summed E-state index contributed by atoms with van der Waals surface area (Å²) in [5, 5.41) is 0. The zero-order chi connectivity index (χ0) is 19.7. The monoisotopic (exact) mass is 378 g/mol. The molecule has 0 aliphatic rings. The molecule has 0 saturated carbocycles. The average molecular weight is 378 g/mol. The van der Waals surface area contributed by atoms with E-state index in [-0.39, 0.29) is 23.1 Å². The lowest BCUT2D eigenvalue weighted by molar-refractivity contribution is -0.143. The SMILES string of the molecule is COc1ccc(C(=O)c2cc(C(F)(F)F)cc(C(F)(F)F)c2)cc1OC. The molecule has 140 valence electrons. The Kier molecular flexibility index (Phi) is 5.20. The highest BCUT2D eigenvalue weighted by Crippen LogP contribution is 2.37. The molecule has 0 aromatic heterocycles. The van der Waals surface area contributed by atoms with Crippen molar-refractivity contribution in [3.8, 4) is 11.5 Å². The lowest BCUT2D eigenvalue weighted by atomic mass is 9.98. The van der Waals surface area contributed by atoms with Crippen LogP contribution in [0, 0.1) is 0 Å². The molecule has 26 heavy (non-hydrogen) atoms. The number of ether oxygens (including phenoxy) is 2. The van der Waals surface area contributed by atoms with Crippen molar-refractivity contribution in [2.24, 2.45) is 0 Å². The number of alkyl halides is 6. The fourth-order valence-corrected chi connectivity index (χ4v) is 2.23. The van der Waals surface area contributed by atoms with E-state index in [4.69, 9.17) is 9.47 Å². The number of rotatable bonds is 4. The van der Waals surface area contributed by atoms with Gasteiger partial charge < -0.3 is 9.47 Å². The summed E-state index contributed by atoms with van der Waals surface area (Å²) in [7, 11) is 2.61. The highest BCUT2D eigenvalue weighted by molar-refractivity contribution is 6.09. The number of carbonyl (C=O) groups is 1. The van der Waals surface area contributed by atoms with Crippen LogP contribution in [0.15, 0.2) is 36.4 Å². The summed E-state index contributed by atoms with van der Waals surface area (Å²) in [6.45, 7) is 0. The number of methoxy groups -OCH3 is 2. The summed E-state index contributed by atoms with van der Waals surface area (Å²) in [5.74, 6) is -0.645. The third-order valence-corrected chi connectivity index (χ3v) is 3.50. The molecule has 0 amide bonds. The minimum atomic E-state index is -5.03. The topological polar surface area (TPSA) is 35.5 Å². The number of halogens is 6. The van der Waals surface area contributed by atoms with Gasteiger partial charge in [-0.1, -0.05) is 0 Å². The summed E-state index contributed by atoms with van der Waals surface area (Å²) in [4.78, 5) is 12.4. The van der Waals surface area contributed by atoms with Gasteiger partial charge in [-0.05, 0) is 36.4 Å². The van der Waals surface area contributed by atoms with Gasteiger partial charge in [-0.2, -0.15) is 26.3 Å². The van der Waals surface area contributed by atoms with Gasteiger partial charge in [0.25, 0.3) is 0 Å². The third kappa shape index (κ3) is 4.09. The molecule has 2 rings (SSSR count). The van der Waals surface area contributed by atoms with Gasteiger partial charge in [-0.25, -0.2) is 0 Å². The van der Waals surface area contributed by atoms with E-state index < -0.39 is 34.8 Å². The maximum Gasteiger partial charge on any atom is 0.416 e. The summed E-state index contributed by atoms with van der Waals surface area (Å²) >= 11 is 0. The summed E-state index contributed by atoms with van der Waals surface area (Å²) < 4.78 is 87.4. The summed E-state index contributed by atoms with van der Waals surface area (Å²) in [6.07, 6.45) is -10.1. The lowest BCUT2D eigenvalue weighted by Gasteiger charge is -2.14. The lowest BCUT2D eigenvalue weighted by Crippen LogP contribution is -2.14. The molecule has 0 atom stereocenters. The smallest absolute Gasteiger partial charge is 0.416 e. The van der Waals surface area contributed by atoms with Crippen molar-refractivity contribution < 1.29 is 40.6 Å². The van der Waals surface area contributed by atoms with Gasteiger partial charge in [-0.15, -0.1) is 0 Å². The Hall–Kier alpha value is -2.71. The Balaban J connectivity index is 2.58. The number of carbonyl (C=O) groups excluding carboxylic acids is 1. The minimum absolute atomic E-state index is 0.0363. The van der Waals surface area contributed by atoms with E-state index in [9.17, 15) is 31.1 Å². The Morgan fingerprint density at radius 1 is 0.731 bits per heavy atom. The van der Waals surface area contributed by atoms with Gasteiger partial charge in [0.1, 0.15) is 0 Å². The van der Waals surface area contributed by atoms with Crippen molar-refractivity contribution in [3.05, 3.63) is 58.7 Å². The Morgan fingerprint density at radius 2 is 1.23 bits per heavy atom. The van der Waals surface area contributed by atoms with E-state index in [1.54, 1.807) is 0 Å². The molecule has 0 aliphatic carbocycles. The molecule has 2 aromatic rings. The second kappa shape index (κ2) is 6.89. The standard InChI is InChI=1S/C17H12F6O3/c1-25-13-4-3-9(7-14(13)26-2)15(24)10-5-11(16(18,19)20)8-12(6-10)17(21,22)23/h3-8H,1-2H3. The van der Waals surface area contributed by atoms with Crippen LogP contribution in [0.3, 0.4) is 0 Å². The molecule has 9 heteroatoms. The molecule has 0 spiro atoms. The number of hydrogen-bond acceptors (Lipinski definition) is 3. The summed E-state index contributed by atoms with van der Waals surface area (Å²) in [6, 6.07) is 4.45. The van der Waals surface area contributed by atoms with E-state index in [1.165, 1.54) is 32.4 Å². The van der Waals surface area contributed by atoms with Gasteiger partial charge in [0.2, 0.25) is 0 Å². The van der Waals surface area contributed by atoms with Crippen molar-refractivity contribution in [2.45, 2.75) is 12.4 Å². The normalized spacial score (nSPS) is 12.0. The first-order chi connectivity index (χ1) is 12.0. The molecule has 3 nitrogen and oxygen atoms in total. The van der Waals surface area contributed by atoms with Crippen LogP contribution >= 0.6 is 0 Å². The Labute approximate surface area is 144 Å². The molecule has 0 N–H and O–H groups in total. The molecule has 0 fully saturated rings. The fraction of sp³-hybridized carbons (Fsp3) is 0.235. The van der Waals surface area contributed by atoms with E-state index >= 15 is 0 Å². The Morgan fingerprint density at radius 3 is 1.65 bits per heavy atom. The van der Waals surface area contributed by atoms with Gasteiger partial charge in [0.15, 0.2) is 17.3 Å². The third-order valence-electron chi connectivity index (χ3n) is 3.50. The molecule has 0 bridgehead atoms. The van der Waals surface area contributed by atoms with Crippen LogP contribution in [0.4, 0.5) is 26.3 Å². The van der Waals surface area contributed by atoms with Gasteiger partial charge in [0, 0.05) is 11.1 Å². The van der Waals surface area contributed by atoms with E-state index in [2.05, 4.69) is 0 Å². The van der Waals surface area contributed by atoms with E-state index in [0.717, 1.165) is 0 Å². The van der Waals surface area contributed by atoms with Crippen molar-refractivity contribution in [1.82, 2.24) is 0 Å². The van der Waals surface area contributed by atoms with Crippen LogP contribution in [-0.4, -0.2) is 20.0 Å². The molecule has 0 saturated heterocycles. The second-order valence-corrected chi connectivity index (χ2v) is 5.19. The van der Waals surface area contributed by atoms with Crippen LogP contribution in [0.1, 0.15) is 27.0 Å². The molecule has 0 unspecified atom stereocenters. The predicted molar refractivity (Wildman–Crippen MR) is 79.4 cm³/mol. The first-order valence-electron chi connectivity index (χ1n) is 7.03. The molecular weight excluding hydrogens is 366 g/mol. The molecule has 0 radical (unpaired) electrons. The Bertz CT molecular complexity index is 792. The van der Waals surface area contributed by atoms with Crippen molar-refractivity contribution in [3.63, 3.8) is 0 Å². The quantitative estimate of drug-likeness (QED) is 0.557.